The van der Waals surface area contributed by atoms with E-state index in [1.807, 2.05) is 0 Å². The molecule has 0 saturated heterocycles. The van der Waals surface area contributed by atoms with E-state index in [2.05, 4.69) is 9.71 Å². The van der Waals surface area contributed by atoms with Gasteiger partial charge in [0.15, 0.2) is 0 Å². The first-order valence-corrected chi connectivity index (χ1v) is 8.00. The summed E-state index contributed by atoms with van der Waals surface area (Å²) in [4.78, 5) is 13.3. The second kappa shape index (κ2) is 5.84. The topological polar surface area (TPSA) is 102 Å². The first-order valence-electron chi connectivity index (χ1n) is 5.64. The zero-order valence-corrected chi connectivity index (χ0v) is 12.4. The fourth-order valence-corrected chi connectivity index (χ4v) is 3.53. The van der Waals surface area contributed by atoms with Gasteiger partial charge in [0.05, 0.1) is 16.4 Å². The third kappa shape index (κ3) is 3.40. The van der Waals surface area contributed by atoms with Gasteiger partial charge in [-0.05, 0) is 18.6 Å². The zero-order chi connectivity index (χ0) is 15.6. The molecule has 0 saturated carbocycles. The Kier molecular flexibility index (Phi) is 4.30. The quantitative estimate of drug-likeness (QED) is 0.666. The average molecular weight is 331 g/mol. The van der Waals surface area contributed by atoms with Crippen LogP contribution in [-0.2, 0) is 16.6 Å². The molecule has 0 aliphatic rings. The molecule has 0 bridgehead atoms. The number of aryl methyl sites for hydroxylation is 1. The zero-order valence-electron chi connectivity index (χ0n) is 10.7. The highest BCUT2D eigenvalue weighted by Crippen LogP contribution is 2.25. The van der Waals surface area contributed by atoms with Crippen molar-refractivity contribution in [1.82, 2.24) is 9.71 Å². The number of nitro groups is 1. The van der Waals surface area contributed by atoms with Gasteiger partial charge in [-0.1, -0.05) is 0 Å². The number of hydrogen-bond donors (Lipinski definition) is 1. The molecule has 112 valence electrons. The van der Waals surface area contributed by atoms with E-state index < -0.39 is 26.5 Å². The van der Waals surface area contributed by atoms with Crippen LogP contribution in [0.15, 0.2) is 28.6 Å². The van der Waals surface area contributed by atoms with Crippen LogP contribution in [0.1, 0.15) is 10.6 Å². The van der Waals surface area contributed by atoms with Crippen LogP contribution in [0.5, 0.6) is 0 Å². The molecule has 0 atom stereocenters. The third-order valence-corrected chi connectivity index (χ3v) is 4.95. The fourth-order valence-electron chi connectivity index (χ4n) is 1.65. The van der Waals surface area contributed by atoms with Crippen LogP contribution in [-0.4, -0.2) is 18.3 Å². The summed E-state index contributed by atoms with van der Waals surface area (Å²) in [7, 11) is -3.99. The molecule has 0 amide bonds. The average Bonchev–Trinajstić information content (AvgIpc) is 2.88. The van der Waals surface area contributed by atoms with Crippen LogP contribution in [0.25, 0.3) is 0 Å². The van der Waals surface area contributed by atoms with Crippen molar-refractivity contribution in [2.24, 2.45) is 0 Å². The van der Waals surface area contributed by atoms with E-state index >= 15 is 0 Å². The molecule has 1 aromatic carbocycles. The summed E-state index contributed by atoms with van der Waals surface area (Å²) < 4.78 is 40.0. The molecule has 0 fully saturated rings. The minimum absolute atomic E-state index is 0.0371. The van der Waals surface area contributed by atoms with Crippen molar-refractivity contribution in [3.05, 3.63) is 50.2 Å². The SMILES string of the molecule is Cc1cc(F)c([N+](=O)[O-])cc1S(=O)(=O)NCc1nccs1. The highest BCUT2D eigenvalue weighted by Gasteiger charge is 2.24. The van der Waals surface area contributed by atoms with Crippen molar-refractivity contribution in [2.75, 3.05) is 0 Å². The van der Waals surface area contributed by atoms with Gasteiger partial charge in [0, 0.05) is 17.6 Å². The van der Waals surface area contributed by atoms with E-state index in [1.54, 1.807) is 5.38 Å². The molecule has 0 radical (unpaired) electrons. The van der Waals surface area contributed by atoms with Crippen LogP contribution < -0.4 is 4.72 Å². The Labute approximate surface area is 123 Å². The van der Waals surface area contributed by atoms with Crippen molar-refractivity contribution in [2.45, 2.75) is 18.4 Å². The first-order chi connectivity index (χ1) is 9.81. The maximum Gasteiger partial charge on any atom is 0.306 e. The van der Waals surface area contributed by atoms with Crippen LogP contribution in [0.3, 0.4) is 0 Å². The van der Waals surface area contributed by atoms with Gasteiger partial charge in [0.2, 0.25) is 15.8 Å². The van der Waals surface area contributed by atoms with Crippen LogP contribution in [0.4, 0.5) is 10.1 Å². The lowest BCUT2D eigenvalue weighted by Gasteiger charge is -2.08. The predicted molar refractivity (Wildman–Crippen MR) is 73.9 cm³/mol. The Hall–Kier alpha value is -1.91. The molecule has 0 unspecified atom stereocenters. The summed E-state index contributed by atoms with van der Waals surface area (Å²) in [5.74, 6) is -1.07. The number of rotatable bonds is 5. The second-order valence-electron chi connectivity index (χ2n) is 4.08. The number of nitro benzene ring substituents is 1. The largest absolute Gasteiger partial charge is 0.306 e. The molecule has 1 heterocycles. The van der Waals surface area contributed by atoms with E-state index in [0.29, 0.717) is 5.01 Å². The van der Waals surface area contributed by atoms with Gasteiger partial charge >= 0.3 is 5.69 Å². The lowest BCUT2D eigenvalue weighted by Crippen LogP contribution is -2.24. The number of benzene rings is 1. The minimum Gasteiger partial charge on any atom is -0.258 e. The third-order valence-electron chi connectivity index (χ3n) is 2.63. The predicted octanol–water partition coefficient (Wildman–Crippen LogP) is 1.98. The Bertz CT molecular complexity index is 775. The summed E-state index contributed by atoms with van der Waals surface area (Å²) in [6, 6.07) is 1.55. The highest BCUT2D eigenvalue weighted by molar-refractivity contribution is 7.89. The minimum atomic E-state index is -3.99. The van der Waals surface area contributed by atoms with Gasteiger partial charge in [-0.25, -0.2) is 18.1 Å². The molecular formula is C11H10FN3O4S2. The molecule has 0 aliphatic carbocycles. The number of thiazole rings is 1. The van der Waals surface area contributed by atoms with E-state index in [0.717, 1.165) is 12.1 Å². The molecule has 0 spiro atoms. The molecule has 2 aromatic rings. The molecule has 0 aliphatic heterocycles. The molecular weight excluding hydrogens is 321 g/mol. The van der Waals surface area contributed by atoms with E-state index in [9.17, 15) is 22.9 Å². The van der Waals surface area contributed by atoms with E-state index in [1.165, 1.54) is 24.5 Å². The number of sulfonamides is 1. The van der Waals surface area contributed by atoms with E-state index in [-0.39, 0.29) is 17.0 Å². The van der Waals surface area contributed by atoms with Gasteiger partial charge in [0.25, 0.3) is 0 Å². The van der Waals surface area contributed by atoms with Crippen molar-refractivity contribution in [3.8, 4) is 0 Å². The first kappa shape index (κ1) is 15.5. The molecule has 1 N–H and O–H groups in total. The van der Waals surface area contributed by atoms with Gasteiger partial charge in [-0.3, -0.25) is 10.1 Å². The highest BCUT2D eigenvalue weighted by atomic mass is 32.2. The summed E-state index contributed by atoms with van der Waals surface area (Å²) in [5, 5.41) is 12.9. The van der Waals surface area contributed by atoms with Crippen LogP contribution >= 0.6 is 11.3 Å². The standard InChI is InChI=1S/C11H10FN3O4S2/c1-7-4-8(12)9(15(16)17)5-10(7)21(18,19)14-6-11-13-2-3-20-11/h2-5,14H,6H2,1H3. The molecule has 21 heavy (non-hydrogen) atoms. The smallest absolute Gasteiger partial charge is 0.258 e. The van der Waals surface area contributed by atoms with Crippen molar-refractivity contribution in [1.29, 1.82) is 0 Å². The Morgan fingerprint density at radius 2 is 2.19 bits per heavy atom. The molecule has 7 nitrogen and oxygen atoms in total. The lowest BCUT2D eigenvalue weighted by molar-refractivity contribution is -0.387. The number of nitrogens with zero attached hydrogens (tertiary/aromatic N) is 2. The maximum atomic E-state index is 13.4. The number of hydrogen-bond acceptors (Lipinski definition) is 6. The van der Waals surface area contributed by atoms with Crippen molar-refractivity contribution >= 4 is 27.0 Å². The number of aromatic nitrogens is 1. The summed E-state index contributed by atoms with van der Waals surface area (Å²) >= 11 is 1.27. The van der Waals surface area contributed by atoms with Gasteiger partial charge in [-0.2, -0.15) is 4.39 Å². The van der Waals surface area contributed by atoms with Gasteiger partial charge < -0.3 is 0 Å². The Balaban J connectivity index is 2.35. The normalized spacial score (nSPS) is 11.5. The van der Waals surface area contributed by atoms with E-state index in [4.69, 9.17) is 0 Å². The van der Waals surface area contributed by atoms with Crippen molar-refractivity contribution in [3.63, 3.8) is 0 Å². The second-order valence-corrected chi connectivity index (χ2v) is 6.79. The molecule has 10 heteroatoms. The maximum absolute atomic E-state index is 13.4. The number of nitrogens with one attached hydrogen (secondary N) is 1. The lowest BCUT2D eigenvalue weighted by atomic mass is 10.2. The summed E-state index contributed by atoms with van der Waals surface area (Å²) in [6.45, 7) is 1.33. The monoisotopic (exact) mass is 331 g/mol. The molecule has 2 rings (SSSR count). The number of halogens is 1. The van der Waals surface area contributed by atoms with Crippen molar-refractivity contribution < 1.29 is 17.7 Å². The summed E-state index contributed by atoms with van der Waals surface area (Å²) in [6.07, 6.45) is 1.53. The van der Waals surface area contributed by atoms with Crippen LogP contribution in [0.2, 0.25) is 0 Å². The Morgan fingerprint density at radius 3 is 2.76 bits per heavy atom. The van der Waals surface area contributed by atoms with Crippen LogP contribution in [0, 0.1) is 22.9 Å². The fraction of sp³-hybridized carbons (Fsp3) is 0.182. The summed E-state index contributed by atoms with van der Waals surface area (Å²) in [5.41, 5.74) is -0.792. The van der Waals surface area contributed by atoms with Gasteiger partial charge in [0.1, 0.15) is 5.01 Å². The van der Waals surface area contributed by atoms with Gasteiger partial charge in [-0.15, -0.1) is 11.3 Å². The molecule has 1 aromatic heterocycles. The Morgan fingerprint density at radius 1 is 1.48 bits per heavy atom.